The maximum absolute atomic E-state index is 10.8. The Morgan fingerprint density at radius 1 is 1.28 bits per heavy atom. The van der Waals surface area contributed by atoms with Crippen LogP contribution in [0.2, 0.25) is 0 Å². The third-order valence-corrected chi connectivity index (χ3v) is 2.68. The number of pyridine rings is 1. The molecule has 0 bridgehead atoms. The van der Waals surface area contributed by atoms with Gasteiger partial charge in [-0.05, 0) is 31.5 Å². The Labute approximate surface area is 108 Å². The van der Waals surface area contributed by atoms with Crippen LogP contribution in [0.4, 0.5) is 5.82 Å². The molecule has 0 radical (unpaired) electrons. The highest BCUT2D eigenvalue weighted by Gasteiger charge is 2.10. The van der Waals surface area contributed by atoms with Crippen molar-refractivity contribution in [2.24, 2.45) is 5.73 Å². The SMILES string of the molecule is NCCCCCCN(CC(=O)O)c1ccccn1. The molecule has 1 aromatic heterocycles. The molecule has 1 heterocycles. The summed E-state index contributed by atoms with van der Waals surface area (Å²) in [6.45, 7) is 1.43. The van der Waals surface area contributed by atoms with Gasteiger partial charge in [0.25, 0.3) is 0 Å². The van der Waals surface area contributed by atoms with Crippen LogP contribution in [0.1, 0.15) is 25.7 Å². The third kappa shape index (κ3) is 5.63. The fourth-order valence-corrected chi connectivity index (χ4v) is 1.78. The molecule has 0 fully saturated rings. The van der Waals surface area contributed by atoms with Crippen LogP contribution in [0.25, 0.3) is 0 Å². The van der Waals surface area contributed by atoms with Crippen LogP contribution in [0.15, 0.2) is 24.4 Å². The molecule has 0 aromatic carbocycles. The fraction of sp³-hybridized carbons (Fsp3) is 0.538. The average Bonchev–Trinajstić information content (AvgIpc) is 2.38. The Bertz CT molecular complexity index is 343. The summed E-state index contributed by atoms with van der Waals surface area (Å²) < 4.78 is 0. The quantitative estimate of drug-likeness (QED) is 0.650. The Hall–Kier alpha value is -1.62. The van der Waals surface area contributed by atoms with Crippen LogP contribution >= 0.6 is 0 Å². The van der Waals surface area contributed by atoms with Crippen molar-refractivity contribution in [1.82, 2.24) is 4.98 Å². The molecule has 0 spiro atoms. The summed E-state index contributed by atoms with van der Waals surface area (Å²) >= 11 is 0. The van der Waals surface area contributed by atoms with Crippen molar-refractivity contribution in [3.63, 3.8) is 0 Å². The van der Waals surface area contributed by atoms with Crippen molar-refractivity contribution in [2.75, 3.05) is 24.5 Å². The van der Waals surface area contributed by atoms with Crippen LogP contribution in [-0.4, -0.2) is 35.7 Å². The second kappa shape index (κ2) is 8.47. The number of anilines is 1. The minimum absolute atomic E-state index is 0.00605. The molecule has 0 atom stereocenters. The average molecular weight is 251 g/mol. The first-order valence-corrected chi connectivity index (χ1v) is 6.32. The van der Waals surface area contributed by atoms with Crippen molar-refractivity contribution in [1.29, 1.82) is 0 Å². The summed E-state index contributed by atoms with van der Waals surface area (Å²) in [5.41, 5.74) is 5.43. The Morgan fingerprint density at radius 2 is 2.06 bits per heavy atom. The molecule has 3 N–H and O–H groups in total. The van der Waals surface area contributed by atoms with Crippen molar-refractivity contribution < 1.29 is 9.90 Å². The van der Waals surface area contributed by atoms with Crippen LogP contribution < -0.4 is 10.6 Å². The largest absolute Gasteiger partial charge is 0.480 e. The second-order valence-corrected chi connectivity index (χ2v) is 4.21. The van der Waals surface area contributed by atoms with E-state index in [4.69, 9.17) is 10.8 Å². The Balaban J connectivity index is 2.44. The van der Waals surface area contributed by atoms with E-state index in [1.807, 2.05) is 18.2 Å². The molecule has 1 rings (SSSR count). The van der Waals surface area contributed by atoms with Crippen molar-refractivity contribution in [3.8, 4) is 0 Å². The number of carboxylic acids is 1. The smallest absolute Gasteiger partial charge is 0.323 e. The van der Waals surface area contributed by atoms with Gasteiger partial charge in [0.2, 0.25) is 0 Å². The predicted molar refractivity (Wildman–Crippen MR) is 71.6 cm³/mol. The van der Waals surface area contributed by atoms with Crippen molar-refractivity contribution in [3.05, 3.63) is 24.4 Å². The summed E-state index contributed by atoms with van der Waals surface area (Å²) in [5.74, 6) is -0.110. The number of nitrogens with zero attached hydrogens (tertiary/aromatic N) is 2. The minimum atomic E-state index is -0.831. The number of rotatable bonds is 9. The molecule has 0 aliphatic heterocycles. The zero-order chi connectivity index (χ0) is 13.2. The molecule has 5 nitrogen and oxygen atoms in total. The lowest BCUT2D eigenvalue weighted by Gasteiger charge is -2.21. The first-order chi connectivity index (χ1) is 8.74. The first kappa shape index (κ1) is 14.4. The van der Waals surface area contributed by atoms with E-state index in [1.54, 1.807) is 11.1 Å². The van der Waals surface area contributed by atoms with E-state index in [-0.39, 0.29) is 6.54 Å². The fourth-order valence-electron chi connectivity index (χ4n) is 1.78. The number of aromatic nitrogens is 1. The van der Waals surface area contributed by atoms with Crippen molar-refractivity contribution in [2.45, 2.75) is 25.7 Å². The summed E-state index contributed by atoms with van der Waals surface area (Å²) in [7, 11) is 0. The van der Waals surface area contributed by atoms with Gasteiger partial charge < -0.3 is 15.7 Å². The van der Waals surface area contributed by atoms with E-state index in [9.17, 15) is 4.79 Å². The molecule has 0 saturated heterocycles. The number of unbranched alkanes of at least 4 members (excludes halogenated alkanes) is 3. The van der Waals surface area contributed by atoms with Gasteiger partial charge in [-0.25, -0.2) is 4.98 Å². The number of carbonyl (C=O) groups is 1. The zero-order valence-corrected chi connectivity index (χ0v) is 10.6. The highest BCUT2D eigenvalue weighted by molar-refractivity contribution is 5.73. The van der Waals surface area contributed by atoms with E-state index in [1.165, 1.54) is 0 Å². The lowest BCUT2D eigenvalue weighted by molar-refractivity contribution is -0.135. The van der Waals surface area contributed by atoms with Gasteiger partial charge in [0.05, 0.1) is 0 Å². The third-order valence-electron chi connectivity index (χ3n) is 2.68. The Morgan fingerprint density at radius 3 is 2.67 bits per heavy atom. The molecule has 0 amide bonds. The molecule has 0 aliphatic carbocycles. The number of aliphatic carboxylic acids is 1. The lowest BCUT2D eigenvalue weighted by Crippen LogP contribution is -2.31. The molecule has 5 heteroatoms. The van der Waals surface area contributed by atoms with E-state index in [0.717, 1.165) is 38.0 Å². The molecular formula is C13H21N3O2. The molecule has 0 aliphatic rings. The van der Waals surface area contributed by atoms with Crippen molar-refractivity contribution >= 4 is 11.8 Å². The highest BCUT2D eigenvalue weighted by Crippen LogP contribution is 2.11. The number of nitrogens with two attached hydrogens (primary N) is 1. The van der Waals surface area contributed by atoms with Crippen LogP contribution in [0, 0.1) is 0 Å². The standard InChI is InChI=1S/C13H21N3O2/c14-8-4-1-2-6-10-16(11-13(17)18)12-7-3-5-9-15-12/h3,5,7,9H,1-2,4,6,8,10-11,14H2,(H,17,18). The van der Waals surface area contributed by atoms with Gasteiger partial charge in [0, 0.05) is 12.7 Å². The summed E-state index contributed by atoms with van der Waals surface area (Å²) in [6, 6.07) is 5.53. The van der Waals surface area contributed by atoms with Gasteiger partial charge in [-0.1, -0.05) is 18.9 Å². The maximum Gasteiger partial charge on any atom is 0.323 e. The van der Waals surface area contributed by atoms with Crippen LogP contribution in [0.3, 0.4) is 0 Å². The van der Waals surface area contributed by atoms with Crippen LogP contribution in [-0.2, 0) is 4.79 Å². The predicted octanol–water partition coefficient (Wildman–Crippen LogP) is 1.49. The second-order valence-electron chi connectivity index (χ2n) is 4.21. The number of hydrogen-bond donors (Lipinski definition) is 2. The van der Waals surface area contributed by atoms with Gasteiger partial charge in [0.15, 0.2) is 0 Å². The Kier molecular flexibility index (Phi) is 6.79. The summed E-state index contributed by atoms with van der Waals surface area (Å²) in [4.78, 5) is 16.8. The number of carboxylic acid groups (broad SMARTS) is 1. The minimum Gasteiger partial charge on any atom is -0.480 e. The van der Waals surface area contributed by atoms with E-state index >= 15 is 0 Å². The van der Waals surface area contributed by atoms with E-state index in [0.29, 0.717) is 6.54 Å². The molecule has 0 saturated carbocycles. The molecule has 18 heavy (non-hydrogen) atoms. The summed E-state index contributed by atoms with van der Waals surface area (Å²) in [6.07, 6.45) is 5.84. The van der Waals surface area contributed by atoms with Gasteiger partial charge in [-0.2, -0.15) is 0 Å². The van der Waals surface area contributed by atoms with Crippen LogP contribution in [0.5, 0.6) is 0 Å². The topological polar surface area (TPSA) is 79.5 Å². The first-order valence-electron chi connectivity index (χ1n) is 6.32. The normalized spacial score (nSPS) is 10.3. The molecule has 1 aromatic rings. The molecular weight excluding hydrogens is 230 g/mol. The summed E-state index contributed by atoms with van der Waals surface area (Å²) in [5, 5.41) is 8.90. The van der Waals surface area contributed by atoms with Gasteiger partial charge >= 0.3 is 5.97 Å². The molecule has 100 valence electrons. The highest BCUT2D eigenvalue weighted by atomic mass is 16.4. The lowest BCUT2D eigenvalue weighted by atomic mass is 10.2. The number of hydrogen-bond acceptors (Lipinski definition) is 4. The maximum atomic E-state index is 10.8. The van der Waals surface area contributed by atoms with E-state index < -0.39 is 5.97 Å². The zero-order valence-electron chi connectivity index (χ0n) is 10.6. The van der Waals surface area contributed by atoms with Gasteiger partial charge in [-0.3, -0.25) is 4.79 Å². The van der Waals surface area contributed by atoms with Gasteiger partial charge in [-0.15, -0.1) is 0 Å². The van der Waals surface area contributed by atoms with Gasteiger partial charge in [0.1, 0.15) is 12.4 Å². The monoisotopic (exact) mass is 251 g/mol. The van der Waals surface area contributed by atoms with E-state index in [2.05, 4.69) is 4.98 Å². The molecule has 0 unspecified atom stereocenters.